The van der Waals surface area contributed by atoms with Gasteiger partial charge in [0.1, 0.15) is 18.4 Å². The summed E-state index contributed by atoms with van der Waals surface area (Å²) >= 11 is 0. The number of rotatable bonds is 4. The standard InChI is InChI=1S/C20H16F3N5O2/c1-10(18-13(22)6-11(7-24)8-25-18)26-15(29)9-28-19(30)27-14-3-2-12(21)17(23)16(14)20(28)4-5-20/h2-3,6,8,10H,4-5,9H2,1H3,(H,26,29)(H,27,30)/t10-/m1/s1. The summed E-state index contributed by atoms with van der Waals surface area (Å²) in [5, 5.41) is 13.8. The molecule has 3 amide bonds. The second-order valence-electron chi connectivity index (χ2n) is 7.32. The number of pyridine rings is 1. The van der Waals surface area contributed by atoms with Crippen molar-refractivity contribution in [2.75, 3.05) is 11.9 Å². The Morgan fingerprint density at radius 3 is 2.73 bits per heavy atom. The number of hydrogen-bond acceptors (Lipinski definition) is 4. The third-order valence-electron chi connectivity index (χ3n) is 5.38. The fraction of sp³-hybridized carbons (Fsp3) is 0.300. The van der Waals surface area contributed by atoms with Crippen LogP contribution >= 0.6 is 0 Å². The number of aromatic nitrogens is 1. The average Bonchev–Trinajstić information content (AvgIpc) is 3.48. The summed E-state index contributed by atoms with van der Waals surface area (Å²) in [5.74, 6) is -3.44. The molecule has 1 aliphatic heterocycles. The van der Waals surface area contributed by atoms with E-state index in [0.717, 1.165) is 12.1 Å². The van der Waals surface area contributed by atoms with E-state index in [2.05, 4.69) is 15.6 Å². The molecule has 0 radical (unpaired) electrons. The lowest BCUT2D eigenvalue weighted by atomic mass is 9.97. The highest BCUT2D eigenvalue weighted by Gasteiger charge is 2.57. The first-order valence-corrected chi connectivity index (χ1v) is 9.19. The number of fused-ring (bicyclic) bond motifs is 2. The molecule has 10 heteroatoms. The molecule has 2 heterocycles. The molecule has 0 unspecified atom stereocenters. The monoisotopic (exact) mass is 415 g/mol. The number of hydrogen-bond donors (Lipinski definition) is 2. The summed E-state index contributed by atoms with van der Waals surface area (Å²) < 4.78 is 42.4. The minimum Gasteiger partial charge on any atom is -0.346 e. The van der Waals surface area contributed by atoms with Crippen molar-refractivity contribution in [3.63, 3.8) is 0 Å². The van der Waals surface area contributed by atoms with Gasteiger partial charge in [-0.25, -0.2) is 18.0 Å². The quantitative estimate of drug-likeness (QED) is 0.802. The van der Waals surface area contributed by atoms with Gasteiger partial charge in [-0.1, -0.05) is 0 Å². The third-order valence-corrected chi connectivity index (χ3v) is 5.38. The number of amides is 3. The maximum atomic E-state index is 14.5. The maximum absolute atomic E-state index is 14.5. The fourth-order valence-corrected chi connectivity index (χ4v) is 3.81. The molecule has 1 aromatic heterocycles. The van der Waals surface area contributed by atoms with Crippen molar-refractivity contribution in [1.82, 2.24) is 15.2 Å². The van der Waals surface area contributed by atoms with Gasteiger partial charge in [-0.3, -0.25) is 9.78 Å². The molecule has 154 valence electrons. The molecule has 2 aromatic rings. The first kappa shape index (κ1) is 19.7. The van der Waals surface area contributed by atoms with Crippen LogP contribution in [0.4, 0.5) is 23.7 Å². The Bertz CT molecular complexity index is 1110. The zero-order valence-electron chi connectivity index (χ0n) is 15.8. The van der Waals surface area contributed by atoms with Gasteiger partial charge in [-0.15, -0.1) is 0 Å². The van der Waals surface area contributed by atoms with Crippen LogP contribution in [0.1, 0.15) is 42.6 Å². The van der Waals surface area contributed by atoms with Crippen LogP contribution in [-0.4, -0.2) is 28.4 Å². The number of nitrogens with one attached hydrogen (secondary N) is 2. The smallest absolute Gasteiger partial charge is 0.323 e. The first-order valence-electron chi connectivity index (χ1n) is 9.19. The lowest BCUT2D eigenvalue weighted by Crippen LogP contribution is -2.52. The van der Waals surface area contributed by atoms with Crippen molar-refractivity contribution in [2.24, 2.45) is 0 Å². The van der Waals surface area contributed by atoms with Crippen LogP contribution < -0.4 is 10.6 Å². The summed E-state index contributed by atoms with van der Waals surface area (Å²) in [6.07, 6.45) is 1.97. The Labute approximate surface area is 169 Å². The van der Waals surface area contributed by atoms with E-state index in [-0.39, 0.29) is 22.5 Å². The predicted molar refractivity (Wildman–Crippen MR) is 98.5 cm³/mol. The molecule has 2 N–H and O–H groups in total. The molecule has 1 aliphatic carbocycles. The number of carbonyl (C=O) groups is 2. The first-order chi connectivity index (χ1) is 14.3. The molecule has 1 atom stereocenters. The number of urea groups is 1. The van der Waals surface area contributed by atoms with Gasteiger partial charge in [0.25, 0.3) is 0 Å². The van der Waals surface area contributed by atoms with Gasteiger partial charge < -0.3 is 15.5 Å². The van der Waals surface area contributed by atoms with Crippen LogP contribution in [0, 0.1) is 28.8 Å². The van der Waals surface area contributed by atoms with Crippen molar-refractivity contribution < 1.29 is 22.8 Å². The summed E-state index contributed by atoms with van der Waals surface area (Å²) in [7, 11) is 0. The van der Waals surface area contributed by atoms with E-state index < -0.39 is 47.5 Å². The van der Waals surface area contributed by atoms with Crippen molar-refractivity contribution in [3.05, 3.63) is 58.7 Å². The number of nitrogens with zero attached hydrogens (tertiary/aromatic N) is 3. The molecular formula is C20H16F3N5O2. The van der Waals surface area contributed by atoms with Crippen molar-refractivity contribution >= 4 is 17.6 Å². The lowest BCUT2D eigenvalue weighted by Gasteiger charge is -2.38. The lowest BCUT2D eigenvalue weighted by molar-refractivity contribution is -0.123. The second kappa shape index (κ2) is 7.02. The van der Waals surface area contributed by atoms with Crippen molar-refractivity contribution in [3.8, 4) is 6.07 Å². The van der Waals surface area contributed by atoms with Gasteiger partial charge in [0.05, 0.1) is 28.5 Å². The summed E-state index contributed by atoms with van der Waals surface area (Å²) in [6, 6.07) is 3.57. The Hall–Kier alpha value is -3.61. The predicted octanol–water partition coefficient (Wildman–Crippen LogP) is 3.08. The highest BCUT2D eigenvalue weighted by molar-refractivity contribution is 5.97. The average molecular weight is 415 g/mol. The SMILES string of the molecule is C[C@@H](NC(=O)CN1C(=O)Nc2ccc(F)c(F)c2C12CC2)c1ncc(C#N)cc1F. The number of carbonyl (C=O) groups excluding carboxylic acids is 2. The van der Waals surface area contributed by atoms with E-state index in [1.165, 1.54) is 24.1 Å². The molecule has 0 saturated heterocycles. The Morgan fingerprint density at radius 1 is 1.37 bits per heavy atom. The zero-order chi connectivity index (χ0) is 21.6. The molecule has 1 saturated carbocycles. The maximum Gasteiger partial charge on any atom is 0.323 e. The Morgan fingerprint density at radius 2 is 2.10 bits per heavy atom. The topological polar surface area (TPSA) is 98.1 Å². The van der Waals surface area contributed by atoms with Gasteiger partial charge in [-0.05, 0) is 38.0 Å². The molecule has 1 spiro atoms. The third kappa shape index (κ3) is 3.12. The summed E-state index contributed by atoms with van der Waals surface area (Å²) in [5.41, 5.74) is -0.885. The number of anilines is 1. The molecule has 1 aromatic carbocycles. The molecule has 1 fully saturated rings. The van der Waals surface area contributed by atoms with Gasteiger partial charge in [0, 0.05) is 11.8 Å². The van der Waals surface area contributed by atoms with E-state index in [1.54, 1.807) is 6.07 Å². The number of benzene rings is 1. The molecule has 0 bridgehead atoms. The van der Waals surface area contributed by atoms with Crippen LogP contribution in [0.25, 0.3) is 0 Å². The van der Waals surface area contributed by atoms with Crippen LogP contribution in [0.3, 0.4) is 0 Å². The van der Waals surface area contributed by atoms with Crippen LogP contribution in [0.2, 0.25) is 0 Å². The van der Waals surface area contributed by atoms with Gasteiger partial charge in [0.2, 0.25) is 5.91 Å². The van der Waals surface area contributed by atoms with Gasteiger partial charge in [0.15, 0.2) is 11.6 Å². The van der Waals surface area contributed by atoms with E-state index in [0.29, 0.717) is 12.8 Å². The minimum atomic E-state index is -1.08. The number of nitriles is 1. The van der Waals surface area contributed by atoms with Crippen molar-refractivity contribution in [2.45, 2.75) is 31.3 Å². The van der Waals surface area contributed by atoms with E-state index in [1.807, 2.05) is 0 Å². The van der Waals surface area contributed by atoms with Gasteiger partial charge >= 0.3 is 6.03 Å². The molecule has 7 nitrogen and oxygen atoms in total. The highest BCUT2D eigenvalue weighted by Crippen LogP contribution is 2.56. The van der Waals surface area contributed by atoms with Gasteiger partial charge in [-0.2, -0.15) is 5.26 Å². The molecular weight excluding hydrogens is 399 g/mol. The zero-order valence-corrected chi connectivity index (χ0v) is 15.8. The number of halogens is 3. The molecule has 30 heavy (non-hydrogen) atoms. The van der Waals surface area contributed by atoms with E-state index in [9.17, 15) is 22.8 Å². The minimum absolute atomic E-state index is 0.0303. The summed E-state index contributed by atoms with van der Waals surface area (Å²) in [4.78, 5) is 30.1. The van der Waals surface area contributed by atoms with E-state index >= 15 is 0 Å². The fourth-order valence-electron chi connectivity index (χ4n) is 3.81. The van der Waals surface area contributed by atoms with Crippen LogP contribution in [0.15, 0.2) is 24.4 Å². The normalized spacial score (nSPS) is 17.0. The van der Waals surface area contributed by atoms with E-state index in [4.69, 9.17) is 5.26 Å². The molecule has 2 aliphatic rings. The van der Waals surface area contributed by atoms with Crippen LogP contribution in [-0.2, 0) is 10.3 Å². The second-order valence-corrected chi connectivity index (χ2v) is 7.32. The van der Waals surface area contributed by atoms with Crippen molar-refractivity contribution in [1.29, 1.82) is 5.26 Å². The summed E-state index contributed by atoms with van der Waals surface area (Å²) in [6.45, 7) is 1.08. The Kier molecular flexibility index (Phi) is 4.61. The Balaban J connectivity index is 1.53. The largest absolute Gasteiger partial charge is 0.346 e. The molecule has 4 rings (SSSR count). The van der Waals surface area contributed by atoms with Crippen LogP contribution in [0.5, 0.6) is 0 Å². The highest BCUT2D eigenvalue weighted by atomic mass is 19.2.